The van der Waals surface area contributed by atoms with Crippen molar-refractivity contribution in [1.82, 2.24) is 4.98 Å². The quantitative estimate of drug-likeness (QED) is 0.796. The van der Waals surface area contributed by atoms with Gasteiger partial charge in [0.15, 0.2) is 5.13 Å². The molecule has 1 amide bonds. The Labute approximate surface area is 135 Å². The second-order valence-electron chi connectivity index (χ2n) is 6.06. The van der Waals surface area contributed by atoms with Gasteiger partial charge in [0.2, 0.25) is 0 Å². The smallest absolute Gasteiger partial charge is 0.416 e. The van der Waals surface area contributed by atoms with Crippen molar-refractivity contribution in [3.05, 3.63) is 10.6 Å². The molecule has 0 aliphatic heterocycles. The molecule has 124 valence electrons. The van der Waals surface area contributed by atoms with E-state index in [1.807, 2.05) is 0 Å². The van der Waals surface area contributed by atoms with Crippen LogP contribution in [0.15, 0.2) is 0 Å². The summed E-state index contributed by atoms with van der Waals surface area (Å²) >= 11 is 1.00. The Bertz CT molecular complexity index is 534. The summed E-state index contributed by atoms with van der Waals surface area (Å²) in [7, 11) is 0. The molecule has 0 spiro atoms. The summed E-state index contributed by atoms with van der Waals surface area (Å²) in [6.07, 6.45) is 2.33. The van der Waals surface area contributed by atoms with Crippen molar-refractivity contribution in [3.8, 4) is 0 Å². The molecule has 1 rings (SSSR count). The molecule has 0 fully saturated rings. The lowest BCUT2D eigenvalue weighted by Crippen LogP contribution is -2.37. The van der Waals surface area contributed by atoms with Crippen LogP contribution < -0.4 is 4.90 Å². The maximum atomic E-state index is 12.4. The topological polar surface area (TPSA) is 79.7 Å². The van der Waals surface area contributed by atoms with Gasteiger partial charge in [-0.15, -0.1) is 0 Å². The Hall–Kier alpha value is -1.63. The van der Waals surface area contributed by atoms with Crippen molar-refractivity contribution in [2.45, 2.75) is 59.5 Å². The first kappa shape index (κ1) is 18.4. The number of unbranched alkanes of at least 4 members (excludes halogenated alkanes) is 2. The maximum Gasteiger partial charge on any atom is 0.416 e. The van der Waals surface area contributed by atoms with Gasteiger partial charge in [-0.05, 0) is 34.1 Å². The highest BCUT2D eigenvalue weighted by Gasteiger charge is 2.27. The molecule has 0 aliphatic carbocycles. The largest absolute Gasteiger partial charge is 0.477 e. The normalized spacial score (nSPS) is 11.3. The summed E-state index contributed by atoms with van der Waals surface area (Å²) in [5, 5.41) is 9.51. The third kappa shape index (κ3) is 5.29. The first-order valence-corrected chi connectivity index (χ1v) is 8.18. The second kappa shape index (κ2) is 7.58. The molecule has 0 radical (unpaired) electrons. The predicted molar refractivity (Wildman–Crippen MR) is 86.9 cm³/mol. The Morgan fingerprint density at radius 2 is 1.95 bits per heavy atom. The fourth-order valence-electron chi connectivity index (χ4n) is 1.80. The third-order valence-corrected chi connectivity index (χ3v) is 3.98. The number of carboxylic acids is 1. The minimum atomic E-state index is -1.03. The molecule has 0 saturated heterocycles. The molecule has 0 atom stereocenters. The van der Waals surface area contributed by atoms with E-state index in [4.69, 9.17) is 9.84 Å². The van der Waals surface area contributed by atoms with E-state index in [0.29, 0.717) is 17.4 Å². The number of carbonyl (C=O) groups is 2. The number of hydrogen-bond donors (Lipinski definition) is 1. The molecule has 0 unspecified atom stereocenters. The predicted octanol–water partition coefficient (Wildman–Crippen LogP) is 4.08. The van der Waals surface area contributed by atoms with Gasteiger partial charge in [-0.25, -0.2) is 14.6 Å². The third-order valence-electron chi connectivity index (χ3n) is 2.81. The summed E-state index contributed by atoms with van der Waals surface area (Å²) < 4.78 is 5.40. The highest BCUT2D eigenvalue weighted by atomic mass is 32.1. The molecule has 22 heavy (non-hydrogen) atoms. The van der Waals surface area contributed by atoms with E-state index in [9.17, 15) is 9.59 Å². The van der Waals surface area contributed by atoms with Crippen LogP contribution in [0.4, 0.5) is 9.93 Å². The number of ether oxygens (including phenoxy) is 1. The van der Waals surface area contributed by atoms with Gasteiger partial charge in [0.25, 0.3) is 0 Å². The molecule has 1 N–H and O–H groups in total. The van der Waals surface area contributed by atoms with Gasteiger partial charge in [-0.2, -0.15) is 0 Å². The molecule has 1 heterocycles. The average Bonchev–Trinajstić information content (AvgIpc) is 2.74. The van der Waals surface area contributed by atoms with Crippen LogP contribution >= 0.6 is 11.3 Å². The molecule has 0 aromatic carbocycles. The van der Waals surface area contributed by atoms with E-state index in [0.717, 1.165) is 30.6 Å². The van der Waals surface area contributed by atoms with Gasteiger partial charge in [0, 0.05) is 6.54 Å². The molecule has 6 nitrogen and oxygen atoms in total. The zero-order valence-corrected chi connectivity index (χ0v) is 14.6. The van der Waals surface area contributed by atoms with Crippen LogP contribution in [0.5, 0.6) is 0 Å². The molecule has 0 saturated carbocycles. The maximum absolute atomic E-state index is 12.4. The number of amides is 1. The van der Waals surface area contributed by atoms with Crippen molar-refractivity contribution >= 4 is 28.5 Å². The van der Waals surface area contributed by atoms with Crippen LogP contribution in [0.2, 0.25) is 0 Å². The van der Waals surface area contributed by atoms with Gasteiger partial charge in [0.1, 0.15) is 10.5 Å². The van der Waals surface area contributed by atoms with E-state index in [-0.39, 0.29) is 4.88 Å². The van der Waals surface area contributed by atoms with Gasteiger partial charge in [-0.1, -0.05) is 31.1 Å². The fourth-order valence-corrected chi connectivity index (χ4v) is 2.72. The van der Waals surface area contributed by atoms with E-state index in [1.54, 1.807) is 27.7 Å². The first-order chi connectivity index (χ1) is 10.2. The average molecular weight is 328 g/mol. The van der Waals surface area contributed by atoms with Gasteiger partial charge in [-0.3, -0.25) is 4.90 Å². The van der Waals surface area contributed by atoms with Crippen LogP contribution in [0.25, 0.3) is 0 Å². The highest BCUT2D eigenvalue weighted by molar-refractivity contribution is 7.17. The number of carbonyl (C=O) groups excluding carboxylic acids is 1. The fraction of sp³-hybridized carbons (Fsp3) is 0.667. The first-order valence-electron chi connectivity index (χ1n) is 7.37. The monoisotopic (exact) mass is 328 g/mol. The zero-order chi connectivity index (χ0) is 16.9. The second-order valence-corrected chi connectivity index (χ2v) is 7.03. The van der Waals surface area contributed by atoms with Crippen molar-refractivity contribution in [2.24, 2.45) is 0 Å². The molecule has 1 aromatic heterocycles. The number of anilines is 1. The van der Waals surface area contributed by atoms with E-state index >= 15 is 0 Å². The Kier molecular flexibility index (Phi) is 6.34. The van der Waals surface area contributed by atoms with Gasteiger partial charge in [0.05, 0.1) is 5.69 Å². The lowest BCUT2D eigenvalue weighted by atomic mass is 10.2. The van der Waals surface area contributed by atoms with Gasteiger partial charge < -0.3 is 9.84 Å². The number of rotatable bonds is 6. The number of hydrogen-bond acceptors (Lipinski definition) is 5. The Morgan fingerprint density at radius 3 is 2.41 bits per heavy atom. The summed E-state index contributed by atoms with van der Waals surface area (Å²) in [6.45, 7) is 9.56. The van der Waals surface area contributed by atoms with Crippen LogP contribution in [0.1, 0.15) is 62.3 Å². The van der Waals surface area contributed by atoms with E-state index in [2.05, 4.69) is 11.9 Å². The molecule has 0 aliphatic rings. The molecule has 0 bridgehead atoms. The minimum absolute atomic E-state index is 0.152. The van der Waals surface area contributed by atoms with E-state index < -0.39 is 17.7 Å². The summed E-state index contributed by atoms with van der Waals surface area (Å²) in [6, 6.07) is 0. The van der Waals surface area contributed by atoms with Crippen LogP contribution in [-0.4, -0.2) is 34.3 Å². The van der Waals surface area contributed by atoms with Crippen LogP contribution in [0.3, 0.4) is 0 Å². The SMILES string of the molecule is CCCCCN(C(=O)OC(C)(C)C)c1nc(C)c(C(=O)O)s1. The van der Waals surface area contributed by atoms with E-state index in [1.165, 1.54) is 4.90 Å². The van der Waals surface area contributed by atoms with Crippen LogP contribution in [0, 0.1) is 6.92 Å². The lowest BCUT2D eigenvalue weighted by Gasteiger charge is -2.25. The number of carboxylic acid groups (broad SMARTS) is 1. The Morgan fingerprint density at radius 1 is 1.32 bits per heavy atom. The van der Waals surface area contributed by atoms with Crippen molar-refractivity contribution in [1.29, 1.82) is 0 Å². The van der Waals surface area contributed by atoms with Gasteiger partial charge >= 0.3 is 12.1 Å². The number of aromatic nitrogens is 1. The lowest BCUT2D eigenvalue weighted by molar-refractivity contribution is 0.0578. The number of nitrogens with zero attached hydrogens (tertiary/aromatic N) is 2. The molecule has 1 aromatic rings. The molecular formula is C15H24N2O4S. The van der Waals surface area contributed by atoms with Crippen molar-refractivity contribution in [2.75, 3.05) is 11.4 Å². The number of aromatic carboxylic acids is 1. The highest BCUT2D eigenvalue weighted by Crippen LogP contribution is 2.28. The van der Waals surface area contributed by atoms with Crippen molar-refractivity contribution < 1.29 is 19.4 Å². The standard InChI is InChI=1S/C15H24N2O4S/c1-6-7-8-9-17(14(20)21-15(3,4)5)13-16-10(2)11(22-13)12(18)19/h6-9H2,1-5H3,(H,18,19). The number of thiazole rings is 1. The summed E-state index contributed by atoms with van der Waals surface area (Å²) in [5.41, 5.74) is -0.196. The summed E-state index contributed by atoms with van der Waals surface area (Å²) in [5.74, 6) is -1.03. The molecular weight excluding hydrogens is 304 g/mol. The Balaban J connectivity index is 3.01. The molecule has 7 heteroatoms. The number of aryl methyl sites for hydroxylation is 1. The minimum Gasteiger partial charge on any atom is -0.477 e. The summed E-state index contributed by atoms with van der Waals surface area (Å²) in [4.78, 5) is 29.3. The van der Waals surface area contributed by atoms with Crippen LogP contribution in [-0.2, 0) is 4.74 Å². The zero-order valence-electron chi connectivity index (χ0n) is 13.8. The van der Waals surface area contributed by atoms with Crippen molar-refractivity contribution in [3.63, 3.8) is 0 Å².